The van der Waals surface area contributed by atoms with Gasteiger partial charge in [0.05, 0.1) is 0 Å². The SMILES string of the molecule is Cc1cc(C2(C)CCCCC2)cc(CNCc2cc(C3(C)CCCCC3)cc(C)c2O)c1O.[Cl][Zr][Cl]. The molecule has 3 nitrogen and oxygen atoms in total. The van der Waals surface area contributed by atoms with Gasteiger partial charge in [0.1, 0.15) is 11.5 Å². The Morgan fingerprint density at radius 1 is 0.694 bits per heavy atom. The van der Waals surface area contributed by atoms with E-state index >= 15 is 0 Å². The number of halogens is 2. The van der Waals surface area contributed by atoms with E-state index in [0.717, 1.165) is 22.3 Å². The molecule has 2 aliphatic carbocycles. The van der Waals surface area contributed by atoms with Gasteiger partial charge in [-0.1, -0.05) is 76.6 Å². The third kappa shape index (κ3) is 7.31. The van der Waals surface area contributed by atoms with Crippen molar-refractivity contribution in [3.8, 4) is 11.5 Å². The molecule has 2 aliphatic rings. The predicted octanol–water partition coefficient (Wildman–Crippen LogP) is 8.82. The number of hydrogen-bond acceptors (Lipinski definition) is 3. The first-order chi connectivity index (χ1) is 17.1. The van der Waals surface area contributed by atoms with Gasteiger partial charge in [0.25, 0.3) is 0 Å². The van der Waals surface area contributed by atoms with Crippen molar-refractivity contribution in [1.29, 1.82) is 0 Å². The topological polar surface area (TPSA) is 52.5 Å². The molecule has 3 N–H and O–H groups in total. The summed E-state index contributed by atoms with van der Waals surface area (Å²) in [6.07, 6.45) is 12.7. The van der Waals surface area contributed by atoms with Gasteiger partial charge in [-0.25, -0.2) is 0 Å². The summed E-state index contributed by atoms with van der Waals surface area (Å²) in [5, 5.41) is 25.0. The van der Waals surface area contributed by atoms with Crippen LogP contribution < -0.4 is 5.32 Å². The van der Waals surface area contributed by atoms with Gasteiger partial charge in [-0.2, -0.15) is 0 Å². The molecule has 0 aliphatic heterocycles. The van der Waals surface area contributed by atoms with Crippen LogP contribution in [0.25, 0.3) is 0 Å². The molecular formula is C30H43Cl2NO2Zr. The van der Waals surface area contributed by atoms with E-state index in [1.54, 1.807) is 0 Å². The normalized spacial score (nSPS) is 18.7. The van der Waals surface area contributed by atoms with Crippen molar-refractivity contribution in [3.05, 3.63) is 57.6 Å². The van der Waals surface area contributed by atoms with Gasteiger partial charge in [-0.3, -0.25) is 0 Å². The molecule has 36 heavy (non-hydrogen) atoms. The minimum absolute atomic E-state index is 0.213. The summed E-state index contributed by atoms with van der Waals surface area (Å²) in [7, 11) is 9.87. The van der Waals surface area contributed by atoms with Crippen molar-refractivity contribution < 1.29 is 31.1 Å². The van der Waals surface area contributed by atoms with Crippen LogP contribution in [0.2, 0.25) is 0 Å². The summed E-state index contributed by atoms with van der Waals surface area (Å²) in [5.41, 5.74) is 6.99. The Kier molecular flexibility index (Phi) is 11.3. The van der Waals surface area contributed by atoms with E-state index in [1.165, 1.54) is 75.3 Å². The minimum atomic E-state index is -0.826. The van der Waals surface area contributed by atoms with Crippen LogP contribution in [0, 0.1) is 13.8 Å². The zero-order valence-corrected chi connectivity index (χ0v) is 26.4. The van der Waals surface area contributed by atoms with E-state index in [4.69, 9.17) is 17.0 Å². The van der Waals surface area contributed by atoms with Crippen LogP contribution in [-0.4, -0.2) is 10.2 Å². The Bertz CT molecular complexity index is 935. The summed E-state index contributed by atoms with van der Waals surface area (Å²) in [4.78, 5) is 0. The molecule has 0 unspecified atom stereocenters. The van der Waals surface area contributed by atoms with Crippen molar-refractivity contribution in [1.82, 2.24) is 5.32 Å². The molecule has 0 atom stereocenters. The Hall–Kier alpha value is -0.537. The van der Waals surface area contributed by atoms with Crippen LogP contribution in [0.15, 0.2) is 24.3 Å². The maximum absolute atomic E-state index is 10.8. The van der Waals surface area contributed by atoms with Crippen LogP contribution in [0.5, 0.6) is 11.5 Å². The summed E-state index contributed by atoms with van der Waals surface area (Å²) < 4.78 is 0. The van der Waals surface area contributed by atoms with E-state index in [9.17, 15) is 10.2 Å². The number of phenols is 2. The number of aromatic hydroxyl groups is 2. The van der Waals surface area contributed by atoms with E-state index in [-0.39, 0.29) is 10.8 Å². The molecule has 2 fully saturated rings. The Labute approximate surface area is 237 Å². The molecule has 2 aromatic rings. The predicted molar refractivity (Wildman–Crippen MR) is 149 cm³/mol. The van der Waals surface area contributed by atoms with Crippen LogP contribution in [0.3, 0.4) is 0 Å². The van der Waals surface area contributed by atoms with E-state index in [2.05, 4.69) is 43.4 Å². The molecule has 0 amide bonds. The Morgan fingerprint density at radius 2 is 1.03 bits per heavy atom. The average Bonchev–Trinajstić information content (AvgIpc) is 2.85. The molecule has 4 rings (SSSR count). The number of nitrogens with one attached hydrogen (secondary N) is 1. The van der Waals surface area contributed by atoms with Gasteiger partial charge in [0, 0.05) is 24.2 Å². The Balaban J connectivity index is 0.00000115. The van der Waals surface area contributed by atoms with Crippen LogP contribution in [-0.2, 0) is 44.8 Å². The molecule has 198 valence electrons. The van der Waals surface area contributed by atoms with Gasteiger partial charge in [0.15, 0.2) is 0 Å². The fraction of sp³-hybridized carbons (Fsp3) is 0.600. The quantitative estimate of drug-likeness (QED) is 0.306. The first-order valence-corrected chi connectivity index (χ1v) is 19.8. The van der Waals surface area contributed by atoms with Gasteiger partial charge in [0.2, 0.25) is 0 Å². The standard InChI is InChI=1S/C30H43NO2.2ClH.Zr/c1-21-15-25(29(3)11-7-5-8-12-29)17-23(27(21)32)19-31-20-24-18-26(16-22(2)28(24)33)30(4)13-9-6-10-14-30;;;/h15-18,31-33H,5-14,19-20H2,1-4H3;2*1H;/q;;;+2/p-2. The van der Waals surface area contributed by atoms with Crippen LogP contribution >= 0.6 is 17.0 Å². The fourth-order valence-electron chi connectivity index (χ4n) is 6.25. The first-order valence-electron chi connectivity index (χ1n) is 13.5. The Morgan fingerprint density at radius 3 is 1.36 bits per heavy atom. The molecule has 0 radical (unpaired) electrons. The van der Waals surface area contributed by atoms with Gasteiger partial charge >= 0.3 is 37.9 Å². The van der Waals surface area contributed by atoms with Crippen molar-refractivity contribution in [3.63, 3.8) is 0 Å². The molecule has 6 heteroatoms. The van der Waals surface area contributed by atoms with Crippen molar-refractivity contribution in [2.45, 2.75) is 116 Å². The molecule has 0 spiro atoms. The van der Waals surface area contributed by atoms with Crippen LogP contribution in [0.1, 0.15) is 111 Å². The first kappa shape index (κ1) is 30.0. The number of aryl methyl sites for hydroxylation is 2. The third-order valence-electron chi connectivity index (χ3n) is 8.70. The van der Waals surface area contributed by atoms with Gasteiger partial charge in [-0.05, 0) is 72.6 Å². The number of benzene rings is 2. The van der Waals surface area contributed by atoms with Gasteiger partial charge < -0.3 is 15.5 Å². The van der Waals surface area contributed by atoms with Crippen molar-refractivity contribution in [2.75, 3.05) is 0 Å². The summed E-state index contributed by atoms with van der Waals surface area (Å²) in [5.74, 6) is 0.795. The molecular weight excluding hydrogens is 568 g/mol. The molecule has 0 saturated heterocycles. The zero-order valence-electron chi connectivity index (χ0n) is 22.4. The van der Waals surface area contributed by atoms with E-state index in [1.807, 2.05) is 13.8 Å². The average molecular weight is 612 g/mol. The molecule has 2 saturated carbocycles. The fourth-order valence-corrected chi connectivity index (χ4v) is 6.25. The zero-order chi connectivity index (χ0) is 26.3. The van der Waals surface area contributed by atoms with Crippen molar-refractivity contribution in [2.24, 2.45) is 0 Å². The number of hydrogen-bond donors (Lipinski definition) is 3. The number of rotatable bonds is 6. The van der Waals surface area contributed by atoms with Crippen LogP contribution in [0.4, 0.5) is 0 Å². The monoisotopic (exact) mass is 609 g/mol. The molecule has 0 bridgehead atoms. The summed E-state index contributed by atoms with van der Waals surface area (Å²) in [6, 6.07) is 8.80. The maximum atomic E-state index is 10.8. The van der Waals surface area contributed by atoms with Gasteiger partial charge in [-0.15, -0.1) is 0 Å². The third-order valence-corrected chi connectivity index (χ3v) is 8.70. The summed E-state index contributed by atoms with van der Waals surface area (Å²) in [6.45, 7) is 9.98. The second kappa shape index (κ2) is 13.5. The second-order valence-corrected chi connectivity index (χ2v) is 15.3. The molecule has 0 heterocycles. The summed E-state index contributed by atoms with van der Waals surface area (Å²) >= 11 is -0.826. The molecule has 2 aromatic carbocycles. The van der Waals surface area contributed by atoms with E-state index < -0.39 is 20.8 Å². The number of phenolic OH excluding ortho intramolecular Hbond substituents is 2. The van der Waals surface area contributed by atoms with E-state index in [0.29, 0.717) is 24.6 Å². The molecule has 0 aromatic heterocycles. The second-order valence-electron chi connectivity index (χ2n) is 11.5. The van der Waals surface area contributed by atoms with Crippen molar-refractivity contribution >= 4 is 17.0 Å².